The van der Waals surface area contributed by atoms with E-state index in [1.165, 1.54) is 25.7 Å². The molecule has 0 saturated carbocycles. The monoisotopic (exact) mass is 222 g/mol. The molecule has 2 aliphatic rings. The van der Waals surface area contributed by atoms with Crippen molar-refractivity contribution in [3.05, 3.63) is 11.1 Å². The fourth-order valence-electron chi connectivity index (χ4n) is 2.77. The highest BCUT2D eigenvalue weighted by Crippen LogP contribution is 2.41. The summed E-state index contributed by atoms with van der Waals surface area (Å²) < 4.78 is 0. The van der Waals surface area contributed by atoms with Crippen LogP contribution in [0.3, 0.4) is 0 Å². The van der Waals surface area contributed by atoms with Gasteiger partial charge < -0.3 is 4.90 Å². The first-order chi connectivity index (χ1) is 7.25. The lowest BCUT2D eigenvalue weighted by Crippen LogP contribution is -2.27. The molecule has 2 saturated heterocycles. The van der Waals surface area contributed by atoms with E-state index in [1.807, 2.05) is 5.38 Å². The number of anilines is 1. The molecule has 80 valence electrons. The van der Waals surface area contributed by atoms with Crippen LogP contribution in [0.5, 0.6) is 0 Å². The number of rotatable bonds is 2. The summed E-state index contributed by atoms with van der Waals surface area (Å²) >= 11 is 1.62. The minimum Gasteiger partial charge on any atom is -0.342 e. The summed E-state index contributed by atoms with van der Waals surface area (Å²) in [6.07, 6.45) is 5.22. The molecule has 3 rings (SSSR count). The number of ketones is 1. The maximum absolute atomic E-state index is 11.2. The number of hydrogen-bond donors (Lipinski definition) is 0. The number of Topliss-reactive ketones (excluding diaryl/α,β-unsaturated/α-hetero) is 1. The van der Waals surface area contributed by atoms with Crippen molar-refractivity contribution in [1.29, 1.82) is 0 Å². The molecular weight excluding hydrogens is 208 g/mol. The standard InChI is InChI=1S/C11H14N2OS/c1-7(14)10-6-15-11(12-10)13-8-2-3-9(13)5-4-8/h6,8-9H,2-5H2,1H3. The van der Waals surface area contributed by atoms with Gasteiger partial charge in [-0.05, 0) is 25.7 Å². The van der Waals surface area contributed by atoms with Crippen molar-refractivity contribution in [2.45, 2.75) is 44.7 Å². The van der Waals surface area contributed by atoms with Crippen molar-refractivity contribution >= 4 is 22.3 Å². The molecule has 0 spiro atoms. The Morgan fingerprint density at radius 3 is 2.47 bits per heavy atom. The van der Waals surface area contributed by atoms with Gasteiger partial charge in [0.25, 0.3) is 0 Å². The topological polar surface area (TPSA) is 33.2 Å². The number of hydrogen-bond acceptors (Lipinski definition) is 4. The summed E-state index contributed by atoms with van der Waals surface area (Å²) in [5.74, 6) is 0.0732. The van der Waals surface area contributed by atoms with Crippen LogP contribution >= 0.6 is 11.3 Å². The number of carbonyl (C=O) groups excluding carboxylic acids is 1. The van der Waals surface area contributed by atoms with Crippen molar-refractivity contribution in [1.82, 2.24) is 4.98 Å². The number of thiazole rings is 1. The number of aromatic nitrogens is 1. The fourth-order valence-corrected chi connectivity index (χ4v) is 3.78. The van der Waals surface area contributed by atoms with Gasteiger partial charge in [-0.15, -0.1) is 11.3 Å². The third-order valence-corrected chi connectivity index (χ3v) is 4.38. The van der Waals surface area contributed by atoms with E-state index < -0.39 is 0 Å². The molecule has 3 heterocycles. The van der Waals surface area contributed by atoms with Gasteiger partial charge in [0.1, 0.15) is 5.69 Å². The van der Waals surface area contributed by atoms with Crippen molar-refractivity contribution in [2.75, 3.05) is 4.90 Å². The summed E-state index contributed by atoms with van der Waals surface area (Å²) in [4.78, 5) is 18.0. The Kier molecular flexibility index (Phi) is 2.06. The molecule has 0 amide bonds. The SMILES string of the molecule is CC(=O)c1csc(N2C3CCC2CC3)n1. The Balaban J connectivity index is 1.90. The fraction of sp³-hybridized carbons (Fsp3) is 0.636. The van der Waals surface area contributed by atoms with Crippen LogP contribution in [0.1, 0.15) is 43.1 Å². The quantitative estimate of drug-likeness (QED) is 0.721. The van der Waals surface area contributed by atoms with Crippen LogP contribution in [-0.2, 0) is 0 Å². The molecule has 2 fully saturated rings. The van der Waals surface area contributed by atoms with E-state index in [0.717, 1.165) is 5.13 Å². The lowest BCUT2D eigenvalue weighted by molar-refractivity contribution is 0.101. The Bertz CT molecular complexity index is 381. The van der Waals surface area contributed by atoms with E-state index >= 15 is 0 Å². The van der Waals surface area contributed by atoms with Crippen LogP contribution in [-0.4, -0.2) is 22.9 Å². The van der Waals surface area contributed by atoms with E-state index in [0.29, 0.717) is 17.8 Å². The molecule has 0 aliphatic carbocycles. The zero-order chi connectivity index (χ0) is 10.4. The predicted molar refractivity (Wildman–Crippen MR) is 60.6 cm³/mol. The van der Waals surface area contributed by atoms with Gasteiger partial charge in [0, 0.05) is 24.4 Å². The number of nitrogens with zero attached hydrogens (tertiary/aromatic N) is 2. The molecule has 2 bridgehead atoms. The van der Waals surface area contributed by atoms with Crippen LogP contribution in [0.2, 0.25) is 0 Å². The van der Waals surface area contributed by atoms with Crippen molar-refractivity contribution < 1.29 is 4.79 Å². The smallest absolute Gasteiger partial charge is 0.186 e. The van der Waals surface area contributed by atoms with E-state index in [-0.39, 0.29) is 5.78 Å². The highest BCUT2D eigenvalue weighted by molar-refractivity contribution is 7.14. The van der Waals surface area contributed by atoms with Crippen LogP contribution in [0.4, 0.5) is 5.13 Å². The lowest BCUT2D eigenvalue weighted by atomic mass is 10.0. The van der Waals surface area contributed by atoms with Crippen LogP contribution in [0.15, 0.2) is 5.38 Å². The average molecular weight is 222 g/mol. The largest absolute Gasteiger partial charge is 0.342 e. The molecular formula is C11H14N2OS. The maximum Gasteiger partial charge on any atom is 0.186 e. The Morgan fingerprint density at radius 1 is 1.40 bits per heavy atom. The van der Waals surface area contributed by atoms with Gasteiger partial charge in [0.05, 0.1) is 0 Å². The molecule has 15 heavy (non-hydrogen) atoms. The predicted octanol–water partition coefficient (Wildman–Crippen LogP) is 2.48. The second-order valence-corrected chi connectivity index (χ2v) is 5.28. The third-order valence-electron chi connectivity index (χ3n) is 3.53. The van der Waals surface area contributed by atoms with Gasteiger partial charge in [-0.1, -0.05) is 0 Å². The zero-order valence-electron chi connectivity index (χ0n) is 8.77. The molecule has 0 unspecified atom stereocenters. The van der Waals surface area contributed by atoms with Crippen molar-refractivity contribution in [3.63, 3.8) is 0 Å². The van der Waals surface area contributed by atoms with Gasteiger partial charge in [0.15, 0.2) is 10.9 Å². The zero-order valence-corrected chi connectivity index (χ0v) is 9.59. The first kappa shape index (κ1) is 9.33. The van der Waals surface area contributed by atoms with Gasteiger partial charge >= 0.3 is 0 Å². The highest BCUT2D eigenvalue weighted by atomic mass is 32.1. The Hall–Kier alpha value is -0.900. The molecule has 1 aromatic heterocycles. The van der Waals surface area contributed by atoms with Gasteiger partial charge in [-0.3, -0.25) is 4.79 Å². The highest BCUT2D eigenvalue weighted by Gasteiger charge is 2.40. The van der Waals surface area contributed by atoms with Gasteiger partial charge in [-0.2, -0.15) is 0 Å². The van der Waals surface area contributed by atoms with Crippen molar-refractivity contribution in [2.24, 2.45) is 0 Å². The Morgan fingerprint density at radius 2 is 2.00 bits per heavy atom. The first-order valence-corrected chi connectivity index (χ1v) is 6.38. The van der Waals surface area contributed by atoms with E-state index in [2.05, 4.69) is 9.88 Å². The molecule has 2 aliphatic heterocycles. The summed E-state index contributed by atoms with van der Waals surface area (Å²) in [5.41, 5.74) is 0.626. The van der Waals surface area contributed by atoms with E-state index in [4.69, 9.17) is 0 Å². The number of carbonyl (C=O) groups is 1. The summed E-state index contributed by atoms with van der Waals surface area (Å²) in [7, 11) is 0. The summed E-state index contributed by atoms with van der Waals surface area (Å²) in [6.45, 7) is 1.58. The van der Waals surface area contributed by atoms with Crippen LogP contribution in [0.25, 0.3) is 0 Å². The van der Waals surface area contributed by atoms with E-state index in [9.17, 15) is 4.79 Å². The molecule has 0 aromatic carbocycles. The van der Waals surface area contributed by atoms with Crippen molar-refractivity contribution in [3.8, 4) is 0 Å². The number of fused-ring (bicyclic) bond motifs is 2. The van der Waals surface area contributed by atoms with Crippen LogP contribution in [0, 0.1) is 0 Å². The molecule has 3 nitrogen and oxygen atoms in total. The van der Waals surface area contributed by atoms with Gasteiger partial charge in [-0.25, -0.2) is 4.98 Å². The van der Waals surface area contributed by atoms with Crippen LogP contribution < -0.4 is 4.90 Å². The third kappa shape index (κ3) is 1.39. The normalized spacial score (nSPS) is 28.7. The second kappa shape index (κ2) is 3.30. The van der Waals surface area contributed by atoms with Gasteiger partial charge in [0.2, 0.25) is 0 Å². The van der Waals surface area contributed by atoms with E-state index in [1.54, 1.807) is 18.3 Å². The first-order valence-electron chi connectivity index (χ1n) is 5.50. The minimum atomic E-state index is 0.0732. The molecule has 0 atom stereocenters. The second-order valence-electron chi connectivity index (χ2n) is 4.44. The maximum atomic E-state index is 11.2. The molecule has 0 N–H and O–H groups in total. The average Bonchev–Trinajstić information content (AvgIpc) is 2.90. The lowest BCUT2D eigenvalue weighted by Gasteiger charge is -2.20. The Labute approximate surface area is 93.1 Å². The molecule has 0 radical (unpaired) electrons. The summed E-state index contributed by atoms with van der Waals surface area (Å²) in [5, 5.41) is 2.94. The minimum absolute atomic E-state index is 0.0732. The molecule has 4 heteroatoms. The summed E-state index contributed by atoms with van der Waals surface area (Å²) in [6, 6.07) is 1.39. The molecule has 1 aromatic rings.